The molecule has 4 heteroatoms. The number of likely N-dealkylation sites (tertiary alicyclic amines) is 1. The molecule has 0 aliphatic carbocycles. The van der Waals surface area contributed by atoms with E-state index in [2.05, 4.69) is 49.9 Å². The van der Waals surface area contributed by atoms with Gasteiger partial charge in [-0.05, 0) is 54.8 Å². The zero-order valence-electron chi connectivity index (χ0n) is 15.4. The number of benzene rings is 1. The fraction of sp³-hybridized carbons (Fsp3) is 0.650. The first-order chi connectivity index (χ1) is 11.3. The van der Waals surface area contributed by atoms with Gasteiger partial charge in [-0.1, -0.05) is 32.9 Å². The van der Waals surface area contributed by atoms with Crippen LogP contribution in [-0.2, 0) is 10.2 Å². The van der Waals surface area contributed by atoms with E-state index in [-0.39, 0.29) is 11.3 Å². The van der Waals surface area contributed by atoms with Crippen LogP contribution in [0.5, 0.6) is 5.75 Å². The molecular weight excluding hydrogens is 300 g/mol. The molecule has 1 heterocycles. The number of hydrogen-bond acceptors (Lipinski definition) is 3. The molecule has 0 radical (unpaired) electrons. The molecule has 0 unspecified atom stereocenters. The predicted molar refractivity (Wildman–Crippen MR) is 98.2 cm³/mol. The molecule has 1 aliphatic heterocycles. The summed E-state index contributed by atoms with van der Waals surface area (Å²) in [5.41, 5.74) is 6.81. The Labute approximate surface area is 146 Å². The molecule has 24 heavy (non-hydrogen) atoms. The van der Waals surface area contributed by atoms with Gasteiger partial charge >= 0.3 is 0 Å². The summed E-state index contributed by atoms with van der Waals surface area (Å²) in [4.78, 5) is 13.5. The molecule has 0 spiro atoms. The average Bonchev–Trinajstić information content (AvgIpc) is 2.51. The molecule has 1 aromatic carbocycles. The number of rotatable bonds is 7. The van der Waals surface area contributed by atoms with E-state index in [4.69, 9.17) is 10.5 Å². The molecule has 134 valence electrons. The van der Waals surface area contributed by atoms with E-state index in [1.165, 1.54) is 5.56 Å². The van der Waals surface area contributed by atoms with Gasteiger partial charge < -0.3 is 15.4 Å². The van der Waals surface area contributed by atoms with Crippen molar-refractivity contribution in [3.63, 3.8) is 0 Å². The van der Waals surface area contributed by atoms with Crippen molar-refractivity contribution in [1.29, 1.82) is 0 Å². The predicted octanol–water partition coefficient (Wildman–Crippen LogP) is 3.34. The monoisotopic (exact) mass is 332 g/mol. The standard InChI is InChI=1S/C20H32N2O2/c1-20(2,3)17-7-9-18(10-8-17)24-13-5-12-22-11-4-6-16(15-22)14-19(21)23/h7-10,16H,4-6,11-15H2,1-3H3,(H2,21,23)/t16-/m0/s1. The van der Waals surface area contributed by atoms with Crippen LogP contribution in [-0.4, -0.2) is 37.0 Å². The average molecular weight is 332 g/mol. The van der Waals surface area contributed by atoms with Crippen molar-refractivity contribution >= 4 is 5.91 Å². The zero-order valence-corrected chi connectivity index (χ0v) is 15.4. The Morgan fingerprint density at radius 2 is 2.00 bits per heavy atom. The summed E-state index contributed by atoms with van der Waals surface area (Å²) >= 11 is 0. The van der Waals surface area contributed by atoms with E-state index >= 15 is 0 Å². The summed E-state index contributed by atoms with van der Waals surface area (Å²) in [6.07, 6.45) is 3.81. The van der Waals surface area contributed by atoms with Crippen LogP contribution < -0.4 is 10.5 Å². The zero-order chi connectivity index (χ0) is 17.6. The lowest BCUT2D eigenvalue weighted by Gasteiger charge is -2.32. The molecule has 1 fully saturated rings. The van der Waals surface area contributed by atoms with Gasteiger partial charge in [0, 0.05) is 19.5 Å². The van der Waals surface area contributed by atoms with Gasteiger partial charge in [-0.25, -0.2) is 0 Å². The molecule has 0 bridgehead atoms. The molecule has 1 aromatic rings. The summed E-state index contributed by atoms with van der Waals surface area (Å²) in [5.74, 6) is 1.19. The largest absolute Gasteiger partial charge is 0.494 e. The van der Waals surface area contributed by atoms with Crippen LogP contribution in [0.15, 0.2) is 24.3 Å². The van der Waals surface area contributed by atoms with E-state index in [9.17, 15) is 4.79 Å². The number of carbonyl (C=O) groups is 1. The van der Waals surface area contributed by atoms with E-state index in [0.29, 0.717) is 12.3 Å². The van der Waals surface area contributed by atoms with Crippen molar-refractivity contribution in [1.82, 2.24) is 4.90 Å². The third-order valence-electron chi connectivity index (χ3n) is 4.70. The molecule has 2 N–H and O–H groups in total. The highest BCUT2D eigenvalue weighted by Crippen LogP contribution is 2.24. The smallest absolute Gasteiger partial charge is 0.217 e. The van der Waals surface area contributed by atoms with Gasteiger partial charge in [0.25, 0.3) is 0 Å². The maximum absolute atomic E-state index is 11.1. The van der Waals surface area contributed by atoms with Gasteiger partial charge in [0.05, 0.1) is 6.61 Å². The van der Waals surface area contributed by atoms with E-state index < -0.39 is 0 Å². The first kappa shape index (κ1) is 18.8. The third-order valence-corrected chi connectivity index (χ3v) is 4.70. The molecule has 1 aliphatic rings. The van der Waals surface area contributed by atoms with Crippen LogP contribution in [0, 0.1) is 5.92 Å². The molecule has 1 saturated heterocycles. The van der Waals surface area contributed by atoms with Gasteiger partial charge in [0.15, 0.2) is 0 Å². The lowest BCUT2D eigenvalue weighted by molar-refractivity contribution is -0.119. The second-order valence-electron chi connectivity index (χ2n) is 7.96. The number of piperidine rings is 1. The minimum Gasteiger partial charge on any atom is -0.494 e. The number of amides is 1. The summed E-state index contributed by atoms with van der Waals surface area (Å²) in [6, 6.07) is 8.41. The first-order valence-corrected chi connectivity index (χ1v) is 9.08. The highest BCUT2D eigenvalue weighted by atomic mass is 16.5. The van der Waals surface area contributed by atoms with Crippen molar-refractivity contribution in [2.45, 2.75) is 51.9 Å². The SMILES string of the molecule is CC(C)(C)c1ccc(OCCCN2CCC[C@@H](CC(N)=O)C2)cc1. The Hall–Kier alpha value is -1.55. The van der Waals surface area contributed by atoms with Crippen LogP contribution in [0.25, 0.3) is 0 Å². The molecular formula is C20H32N2O2. The van der Waals surface area contributed by atoms with Crippen LogP contribution in [0.3, 0.4) is 0 Å². The van der Waals surface area contributed by atoms with Crippen LogP contribution in [0.1, 0.15) is 52.0 Å². The molecule has 1 amide bonds. The number of nitrogens with two attached hydrogens (primary N) is 1. The fourth-order valence-electron chi connectivity index (χ4n) is 3.33. The second-order valence-corrected chi connectivity index (χ2v) is 7.96. The number of ether oxygens (including phenoxy) is 1. The summed E-state index contributed by atoms with van der Waals surface area (Å²) < 4.78 is 5.86. The van der Waals surface area contributed by atoms with Crippen LogP contribution in [0.2, 0.25) is 0 Å². The maximum atomic E-state index is 11.1. The summed E-state index contributed by atoms with van der Waals surface area (Å²) in [7, 11) is 0. The number of hydrogen-bond donors (Lipinski definition) is 1. The topological polar surface area (TPSA) is 55.6 Å². The molecule has 1 atom stereocenters. The summed E-state index contributed by atoms with van der Waals surface area (Å²) in [5, 5.41) is 0. The Kier molecular flexibility index (Phi) is 6.67. The third kappa shape index (κ3) is 6.16. The lowest BCUT2D eigenvalue weighted by Crippen LogP contribution is -2.38. The van der Waals surface area contributed by atoms with E-state index in [1.54, 1.807) is 0 Å². The number of carbonyl (C=O) groups excluding carboxylic acids is 1. The minimum absolute atomic E-state index is 0.175. The molecule has 0 aromatic heterocycles. The molecule has 2 rings (SSSR count). The van der Waals surface area contributed by atoms with Gasteiger partial charge in [-0.2, -0.15) is 0 Å². The number of primary amides is 1. The van der Waals surface area contributed by atoms with Crippen molar-refractivity contribution in [3.05, 3.63) is 29.8 Å². The van der Waals surface area contributed by atoms with Crippen molar-refractivity contribution in [2.24, 2.45) is 11.7 Å². The quantitative estimate of drug-likeness (QED) is 0.779. The van der Waals surface area contributed by atoms with Crippen molar-refractivity contribution in [2.75, 3.05) is 26.2 Å². The van der Waals surface area contributed by atoms with Gasteiger partial charge in [0.1, 0.15) is 5.75 Å². The first-order valence-electron chi connectivity index (χ1n) is 9.08. The highest BCUT2D eigenvalue weighted by molar-refractivity contribution is 5.74. The summed E-state index contributed by atoms with van der Waals surface area (Å²) in [6.45, 7) is 10.5. The Bertz CT molecular complexity index is 519. The van der Waals surface area contributed by atoms with Crippen LogP contribution >= 0.6 is 0 Å². The Balaban J connectivity index is 1.68. The number of nitrogens with zero attached hydrogens (tertiary/aromatic N) is 1. The Morgan fingerprint density at radius 3 is 2.62 bits per heavy atom. The second kappa shape index (κ2) is 8.52. The van der Waals surface area contributed by atoms with Gasteiger partial charge in [-0.3, -0.25) is 4.79 Å². The van der Waals surface area contributed by atoms with E-state index in [1.807, 2.05) is 0 Å². The lowest BCUT2D eigenvalue weighted by atomic mass is 9.87. The normalized spacial score (nSPS) is 19.2. The molecule has 4 nitrogen and oxygen atoms in total. The highest BCUT2D eigenvalue weighted by Gasteiger charge is 2.20. The molecule has 0 saturated carbocycles. The van der Waals surface area contributed by atoms with E-state index in [0.717, 1.165) is 51.3 Å². The van der Waals surface area contributed by atoms with Crippen molar-refractivity contribution in [3.8, 4) is 5.75 Å². The van der Waals surface area contributed by atoms with Crippen molar-refractivity contribution < 1.29 is 9.53 Å². The van der Waals surface area contributed by atoms with Gasteiger partial charge in [0.2, 0.25) is 5.91 Å². The fourth-order valence-corrected chi connectivity index (χ4v) is 3.33. The maximum Gasteiger partial charge on any atom is 0.217 e. The Morgan fingerprint density at radius 1 is 1.29 bits per heavy atom. The van der Waals surface area contributed by atoms with Crippen LogP contribution in [0.4, 0.5) is 0 Å². The minimum atomic E-state index is -0.177. The van der Waals surface area contributed by atoms with Gasteiger partial charge in [-0.15, -0.1) is 0 Å².